The Hall–Kier alpha value is -2.88. The van der Waals surface area contributed by atoms with Gasteiger partial charge in [-0.2, -0.15) is 0 Å². The molecule has 6 heteroatoms. The molecule has 0 bridgehead atoms. The SMILES string of the molecule is COC(=O)c1ccc(C#CN2C(=O)CC[C@@H]2/C=C/[C@@H](O)C(C)CCCc2ccccc2)s1. The number of rotatable bonds is 8. The zero-order valence-corrected chi connectivity index (χ0v) is 19.3. The lowest BCUT2D eigenvalue weighted by Gasteiger charge is -2.18. The molecule has 5 nitrogen and oxygen atoms in total. The Morgan fingerprint density at radius 2 is 2.09 bits per heavy atom. The molecule has 2 heterocycles. The quantitative estimate of drug-likeness (QED) is 0.367. The maximum absolute atomic E-state index is 12.3. The van der Waals surface area contributed by atoms with E-state index in [0.29, 0.717) is 22.6 Å². The number of carbonyl (C=O) groups is 2. The number of carbonyl (C=O) groups excluding carboxylic acids is 2. The highest BCUT2D eigenvalue weighted by Crippen LogP contribution is 2.22. The Bertz CT molecular complexity index is 1000. The highest BCUT2D eigenvalue weighted by Gasteiger charge is 2.28. The highest BCUT2D eigenvalue weighted by molar-refractivity contribution is 7.14. The largest absolute Gasteiger partial charge is 0.465 e. The molecule has 1 aliphatic rings. The predicted octanol–water partition coefficient (Wildman–Crippen LogP) is 4.41. The molecule has 32 heavy (non-hydrogen) atoms. The van der Waals surface area contributed by atoms with Gasteiger partial charge in [0.05, 0.1) is 24.1 Å². The number of hydrogen-bond acceptors (Lipinski definition) is 5. The summed E-state index contributed by atoms with van der Waals surface area (Å²) in [4.78, 5) is 26.6. The fraction of sp³-hybridized carbons (Fsp3) is 0.385. The molecule has 1 fully saturated rings. The molecule has 0 radical (unpaired) electrons. The van der Waals surface area contributed by atoms with Crippen LogP contribution in [0.3, 0.4) is 0 Å². The molecule has 1 unspecified atom stereocenters. The molecule has 1 N–H and O–H groups in total. The van der Waals surface area contributed by atoms with Crippen LogP contribution in [0.15, 0.2) is 54.6 Å². The van der Waals surface area contributed by atoms with Crippen molar-refractivity contribution in [2.45, 2.75) is 51.2 Å². The smallest absolute Gasteiger partial charge is 0.348 e. The summed E-state index contributed by atoms with van der Waals surface area (Å²) in [5.41, 5.74) is 1.31. The lowest BCUT2D eigenvalue weighted by atomic mass is 9.95. The molecule has 168 valence electrons. The van der Waals surface area contributed by atoms with E-state index in [1.165, 1.54) is 28.9 Å². The van der Waals surface area contributed by atoms with E-state index in [2.05, 4.69) is 24.1 Å². The zero-order chi connectivity index (χ0) is 22.9. The first-order chi connectivity index (χ1) is 15.5. The maximum Gasteiger partial charge on any atom is 0.348 e. The molecule has 1 aromatic carbocycles. The van der Waals surface area contributed by atoms with Crippen molar-refractivity contribution in [3.05, 3.63) is 69.9 Å². The van der Waals surface area contributed by atoms with Gasteiger partial charge in [-0.15, -0.1) is 11.3 Å². The Labute approximate surface area is 193 Å². The number of esters is 1. The first-order valence-corrected chi connectivity index (χ1v) is 11.7. The van der Waals surface area contributed by atoms with Crippen LogP contribution in [0.4, 0.5) is 0 Å². The number of nitrogens with zero attached hydrogens (tertiary/aromatic N) is 1. The van der Waals surface area contributed by atoms with Crippen molar-refractivity contribution in [1.82, 2.24) is 4.90 Å². The number of aliphatic hydroxyl groups is 1. The van der Waals surface area contributed by atoms with Gasteiger partial charge >= 0.3 is 5.97 Å². The first-order valence-electron chi connectivity index (χ1n) is 10.9. The maximum atomic E-state index is 12.3. The van der Waals surface area contributed by atoms with Gasteiger partial charge in [-0.05, 0) is 55.2 Å². The van der Waals surface area contributed by atoms with Crippen LogP contribution in [0.1, 0.15) is 52.7 Å². The minimum absolute atomic E-state index is 0.0257. The van der Waals surface area contributed by atoms with E-state index in [-0.39, 0.29) is 17.9 Å². The zero-order valence-electron chi connectivity index (χ0n) is 18.5. The normalized spacial score (nSPS) is 17.8. The number of hydrogen-bond donors (Lipinski definition) is 1. The average molecular weight is 452 g/mol. The molecule has 1 amide bonds. The van der Waals surface area contributed by atoms with Gasteiger partial charge in [-0.1, -0.05) is 49.4 Å². The Balaban J connectivity index is 1.54. The van der Waals surface area contributed by atoms with Crippen LogP contribution >= 0.6 is 11.3 Å². The van der Waals surface area contributed by atoms with Crippen molar-refractivity contribution in [3.8, 4) is 12.0 Å². The molecular formula is C26H29NO4S. The molecule has 1 aromatic heterocycles. The van der Waals surface area contributed by atoms with Crippen LogP contribution in [0, 0.1) is 17.9 Å². The van der Waals surface area contributed by atoms with Gasteiger partial charge in [-0.25, -0.2) is 4.79 Å². The summed E-state index contributed by atoms with van der Waals surface area (Å²) < 4.78 is 4.71. The van der Waals surface area contributed by atoms with E-state index in [1.807, 2.05) is 31.2 Å². The number of likely N-dealkylation sites (tertiary alicyclic amines) is 1. The monoisotopic (exact) mass is 451 g/mol. The number of ether oxygens (including phenoxy) is 1. The number of methoxy groups -OCH3 is 1. The van der Waals surface area contributed by atoms with Crippen molar-refractivity contribution in [2.24, 2.45) is 5.92 Å². The summed E-state index contributed by atoms with van der Waals surface area (Å²) in [6.45, 7) is 2.05. The van der Waals surface area contributed by atoms with Crippen LogP contribution in [0.25, 0.3) is 0 Å². The predicted molar refractivity (Wildman–Crippen MR) is 126 cm³/mol. The second-order valence-electron chi connectivity index (χ2n) is 7.99. The third-order valence-electron chi connectivity index (χ3n) is 5.63. The second kappa shape index (κ2) is 11.7. The van der Waals surface area contributed by atoms with Crippen LogP contribution < -0.4 is 0 Å². The molecule has 1 saturated heterocycles. The van der Waals surface area contributed by atoms with Gasteiger partial charge in [0.2, 0.25) is 5.91 Å². The van der Waals surface area contributed by atoms with Gasteiger partial charge in [0.25, 0.3) is 0 Å². The Morgan fingerprint density at radius 1 is 1.31 bits per heavy atom. The number of thiophene rings is 1. The van der Waals surface area contributed by atoms with Crippen molar-refractivity contribution >= 4 is 23.2 Å². The van der Waals surface area contributed by atoms with Crippen molar-refractivity contribution in [2.75, 3.05) is 7.11 Å². The van der Waals surface area contributed by atoms with Crippen molar-refractivity contribution < 1.29 is 19.4 Å². The van der Waals surface area contributed by atoms with Crippen molar-refractivity contribution in [3.63, 3.8) is 0 Å². The summed E-state index contributed by atoms with van der Waals surface area (Å²) in [5, 5.41) is 10.5. The van der Waals surface area contributed by atoms with Crippen molar-refractivity contribution in [1.29, 1.82) is 0 Å². The summed E-state index contributed by atoms with van der Waals surface area (Å²) in [5.74, 6) is 2.68. The van der Waals surface area contributed by atoms with E-state index < -0.39 is 12.1 Å². The molecule has 0 aliphatic carbocycles. The molecule has 0 spiro atoms. The van der Waals surface area contributed by atoms with Gasteiger partial charge in [-0.3, -0.25) is 9.69 Å². The third-order valence-corrected chi connectivity index (χ3v) is 6.61. The Morgan fingerprint density at radius 3 is 2.84 bits per heavy atom. The number of aliphatic hydroxyl groups excluding tert-OH is 1. The van der Waals surface area contributed by atoms with Crippen LogP contribution in [-0.4, -0.2) is 41.1 Å². The standard InChI is InChI=1S/C26H29NO4S/c1-19(7-6-10-20-8-4-3-5-9-20)23(28)14-11-21-12-16-25(29)27(21)18-17-22-13-15-24(32-22)26(30)31-2/h3-5,8-9,11,13-15,19,21,23,28H,6-7,10,12,16H2,1-2H3/b14-11+/t19?,21-,23+/m0/s1. The fourth-order valence-electron chi connectivity index (χ4n) is 3.64. The fourth-order valence-corrected chi connectivity index (χ4v) is 4.41. The number of amides is 1. The van der Waals surface area contributed by atoms with E-state index in [1.54, 1.807) is 18.2 Å². The van der Waals surface area contributed by atoms with Gasteiger partial charge in [0.1, 0.15) is 4.88 Å². The lowest BCUT2D eigenvalue weighted by molar-refractivity contribution is -0.125. The Kier molecular flexibility index (Phi) is 8.66. The average Bonchev–Trinajstić information content (AvgIpc) is 3.42. The van der Waals surface area contributed by atoms with Gasteiger partial charge in [0, 0.05) is 12.5 Å². The van der Waals surface area contributed by atoms with Gasteiger partial charge in [0.15, 0.2) is 0 Å². The van der Waals surface area contributed by atoms with E-state index in [4.69, 9.17) is 4.74 Å². The minimum atomic E-state index is -0.559. The van der Waals surface area contributed by atoms with Gasteiger partial charge < -0.3 is 9.84 Å². The second-order valence-corrected chi connectivity index (χ2v) is 9.08. The summed E-state index contributed by atoms with van der Waals surface area (Å²) in [6.07, 6.45) is 7.19. The summed E-state index contributed by atoms with van der Waals surface area (Å²) in [7, 11) is 1.34. The van der Waals surface area contributed by atoms with E-state index >= 15 is 0 Å². The summed E-state index contributed by atoms with van der Waals surface area (Å²) in [6, 6.07) is 16.6. The topological polar surface area (TPSA) is 66.8 Å². The third kappa shape index (κ3) is 6.56. The molecule has 3 rings (SSSR count). The number of benzene rings is 1. The molecule has 1 aliphatic heterocycles. The first kappa shape index (κ1) is 23.8. The highest BCUT2D eigenvalue weighted by atomic mass is 32.1. The number of aryl methyl sites for hydroxylation is 1. The summed E-state index contributed by atoms with van der Waals surface area (Å²) >= 11 is 1.24. The van der Waals surface area contributed by atoms with Crippen LogP contribution in [-0.2, 0) is 16.0 Å². The lowest BCUT2D eigenvalue weighted by Crippen LogP contribution is -2.27. The van der Waals surface area contributed by atoms with E-state index in [9.17, 15) is 14.7 Å². The van der Waals surface area contributed by atoms with Crippen LogP contribution in [0.2, 0.25) is 0 Å². The van der Waals surface area contributed by atoms with E-state index in [0.717, 1.165) is 19.3 Å². The van der Waals surface area contributed by atoms with Crippen LogP contribution in [0.5, 0.6) is 0 Å². The molecule has 0 saturated carbocycles. The molecule has 3 atom stereocenters. The minimum Gasteiger partial charge on any atom is -0.465 e. The molecule has 2 aromatic rings. The molecular weight excluding hydrogens is 422 g/mol.